The van der Waals surface area contributed by atoms with E-state index in [1.54, 1.807) is 25.1 Å². The molecule has 2 rings (SSSR count). The molecule has 88 valence electrons. The average molecular weight is 297 g/mol. The van der Waals surface area contributed by atoms with Crippen LogP contribution in [0.15, 0.2) is 42.5 Å². The molecular weight excluding hydrogens is 286 g/mol. The van der Waals surface area contributed by atoms with Gasteiger partial charge < -0.3 is 0 Å². The first-order valence-electron chi connectivity index (χ1n) is 5.23. The Hall–Kier alpha value is -1.22. The molecule has 0 fully saturated rings. The maximum atomic E-state index is 13.2. The number of hydrogen-bond donors (Lipinski definition) is 0. The molecule has 0 bridgehead atoms. The first kappa shape index (κ1) is 12.2. The van der Waals surface area contributed by atoms with E-state index < -0.39 is 0 Å². The highest BCUT2D eigenvalue weighted by atomic mass is 79.9. The van der Waals surface area contributed by atoms with Crippen molar-refractivity contribution >= 4 is 15.9 Å². The molecule has 2 aromatic carbocycles. The van der Waals surface area contributed by atoms with Gasteiger partial charge in [0, 0.05) is 0 Å². The van der Waals surface area contributed by atoms with Crippen LogP contribution in [0.3, 0.4) is 0 Å². The predicted molar refractivity (Wildman–Crippen MR) is 68.3 cm³/mol. The summed E-state index contributed by atoms with van der Waals surface area (Å²) in [5.74, 6) is -0.501. The lowest BCUT2D eigenvalue weighted by atomic mass is 10.0. The second kappa shape index (κ2) is 4.96. The van der Waals surface area contributed by atoms with Gasteiger partial charge >= 0.3 is 0 Å². The first-order chi connectivity index (χ1) is 8.08. The van der Waals surface area contributed by atoms with Gasteiger partial charge in [0.05, 0.1) is 4.83 Å². The van der Waals surface area contributed by atoms with Gasteiger partial charge in [-0.3, -0.25) is 0 Å². The molecule has 0 N–H and O–H groups in total. The summed E-state index contributed by atoms with van der Waals surface area (Å²) in [6, 6.07) is 11.3. The zero-order chi connectivity index (χ0) is 12.4. The van der Waals surface area contributed by atoms with Gasteiger partial charge in [-0.1, -0.05) is 40.2 Å². The van der Waals surface area contributed by atoms with E-state index in [-0.39, 0.29) is 16.5 Å². The Kier molecular flexibility index (Phi) is 3.57. The van der Waals surface area contributed by atoms with Crippen LogP contribution in [0.25, 0.3) is 0 Å². The van der Waals surface area contributed by atoms with Crippen molar-refractivity contribution in [3.63, 3.8) is 0 Å². The SMILES string of the molecule is Cc1cc(C(Br)c2cccc(F)c2)ccc1F. The molecule has 2 aromatic rings. The van der Waals surface area contributed by atoms with Crippen LogP contribution in [0.5, 0.6) is 0 Å². The van der Waals surface area contributed by atoms with Crippen LogP contribution in [0, 0.1) is 18.6 Å². The van der Waals surface area contributed by atoms with Gasteiger partial charge in [-0.25, -0.2) is 8.78 Å². The summed E-state index contributed by atoms with van der Waals surface area (Å²) in [7, 11) is 0. The molecule has 3 heteroatoms. The second-order valence-electron chi connectivity index (χ2n) is 3.93. The van der Waals surface area contributed by atoms with Gasteiger partial charge in [-0.05, 0) is 41.8 Å². The van der Waals surface area contributed by atoms with E-state index in [0.29, 0.717) is 5.56 Å². The molecular formula is C14H11BrF2. The van der Waals surface area contributed by atoms with E-state index >= 15 is 0 Å². The van der Waals surface area contributed by atoms with E-state index in [0.717, 1.165) is 11.1 Å². The predicted octanol–water partition coefficient (Wildman–Crippen LogP) is 4.76. The van der Waals surface area contributed by atoms with Crippen LogP contribution in [0.1, 0.15) is 21.5 Å². The van der Waals surface area contributed by atoms with E-state index in [1.165, 1.54) is 18.2 Å². The van der Waals surface area contributed by atoms with Crippen LogP contribution in [0.2, 0.25) is 0 Å². The Morgan fingerprint density at radius 3 is 2.35 bits per heavy atom. The molecule has 0 saturated carbocycles. The molecule has 0 amide bonds. The van der Waals surface area contributed by atoms with Gasteiger partial charge in [-0.2, -0.15) is 0 Å². The molecule has 1 atom stereocenters. The van der Waals surface area contributed by atoms with Gasteiger partial charge in [0.1, 0.15) is 11.6 Å². The highest BCUT2D eigenvalue weighted by Gasteiger charge is 2.12. The normalized spacial score (nSPS) is 12.5. The van der Waals surface area contributed by atoms with Crippen LogP contribution in [0.4, 0.5) is 8.78 Å². The molecule has 0 aliphatic heterocycles. The van der Waals surface area contributed by atoms with Crippen molar-refractivity contribution in [3.05, 3.63) is 70.8 Å². The third kappa shape index (κ3) is 2.72. The third-order valence-corrected chi connectivity index (χ3v) is 3.67. The number of benzene rings is 2. The minimum absolute atomic E-state index is 0.127. The number of alkyl halides is 1. The summed E-state index contributed by atoms with van der Waals surface area (Å²) in [6.07, 6.45) is 0. The second-order valence-corrected chi connectivity index (χ2v) is 4.84. The van der Waals surface area contributed by atoms with Crippen LogP contribution < -0.4 is 0 Å². The number of halogens is 3. The quantitative estimate of drug-likeness (QED) is 0.701. The van der Waals surface area contributed by atoms with Crippen LogP contribution in [-0.4, -0.2) is 0 Å². The molecule has 1 unspecified atom stereocenters. The summed E-state index contributed by atoms with van der Waals surface area (Å²) in [5.41, 5.74) is 2.31. The van der Waals surface area contributed by atoms with E-state index in [9.17, 15) is 8.78 Å². The van der Waals surface area contributed by atoms with Crippen molar-refractivity contribution < 1.29 is 8.78 Å². The fraction of sp³-hybridized carbons (Fsp3) is 0.143. The molecule has 0 radical (unpaired) electrons. The van der Waals surface area contributed by atoms with Gasteiger partial charge in [-0.15, -0.1) is 0 Å². The minimum atomic E-state index is -0.272. The molecule has 0 heterocycles. The molecule has 0 nitrogen and oxygen atoms in total. The maximum absolute atomic E-state index is 13.2. The standard InChI is InChI=1S/C14H11BrF2/c1-9-7-11(5-6-13(9)17)14(15)10-3-2-4-12(16)8-10/h2-8,14H,1H3. The number of rotatable bonds is 2. The smallest absolute Gasteiger partial charge is 0.126 e. The van der Waals surface area contributed by atoms with Gasteiger partial charge in [0.15, 0.2) is 0 Å². The highest BCUT2D eigenvalue weighted by molar-refractivity contribution is 9.09. The maximum Gasteiger partial charge on any atom is 0.126 e. The third-order valence-electron chi connectivity index (χ3n) is 2.62. The molecule has 0 saturated heterocycles. The largest absolute Gasteiger partial charge is 0.207 e. The van der Waals surface area contributed by atoms with Crippen molar-refractivity contribution in [2.75, 3.05) is 0 Å². The van der Waals surface area contributed by atoms with Crippen LogP contribution >= 0.6 is 15.9 Å². The Bertz CT molecular complexity index is 537. The fourth-order valence-corrected chi connectivity index (χ4v) is 2.25. The summed E-state index contributed by atoms with van der Waals surface area (Å²) in [4.78, 5) is -0.127. The topological polar surface area (TPSA) is 0 Å². The Morgan fingerprint density at radius 2 is 1.71 bits per heavy atom. The summed E-state index contributed by atoms with van der Waals surface area (Å²) in [5, 5.41) is 0. The number of hydrogen-bond acceptors (Lipinski definition) is 0. The van der Waals surface area contributed by atoms with Crippen molar-refractivity contribution in [2.24, 2.45) is 0 Å². The fourth-order valence-electron chi connectivity index (χ4n) is 1.68. The molecule has 0 aromatic heterocycles. The lowest BCUT2D eigenvalue weighted by Gasteiger charge is -2.11. The van der Waals surface area contributed by atoms with E-state index in [4.69, 9.17) is 0 Å². The molecule has 0 aliphatic rings. The first-order valence-corrected chi connectivity index (χ1v) is 6.15. The van der Waals surface area contributed by atoms with Crippen molar-refractivity contribution in [2.45, 2.75) is 11.8 Å². The lowest BCUT2D eigenvalue weighted by molar-refractivity contribution is 0.617. The van der Waals surface area contributed by atoms with Crippen molar-refractivity contribution in [1.29, 1.82) is 0 Å². The van der Waals surface area contributed by atoms with Crippen molar-refractivity contribution in [3.8, 4) is 0 Å². The Morgan fingerprint density at radius 1 is 1.00 bits per heavy atom. The van der Waals surface area contributed by atoms with Gasteiger partial charge in [0.25, 0.3) is 0 Å². The van der Waals surface area contributed by atoms with Crippen LogP contribution in [-0.2, 0) is 0 Å². The van der Waals surface area contributed by atoms with E-state index in [1.807, 2.05) is 6.07 Å². The van der Waals surface area contributed by atoms with Gasteiger partial charge in [0.2, 0.25) is 0 Å². The molecule has 0 spiro atoms. The monoisotopic (exact) mass is 296 g/mol. The Labute approximate surface area is 107 Å². The summed E-state index contributed by atoms with van der Waals surface area (Å²) < 4.78 is 26.3. The highest BCUT2D eigenvalue weighted by Crippen LogP contribution is 2.31. The van der Waals surface area contributed by atoms with Crippen molar-refractivity contribution in [1.82, 2.24) is 0 Å². The molecule has 0 aliphatic carbocycles. The lowest BCUT2D eigenvalue weighted by Crippen LogP contribution is -1.95. The number of aryl methyl sites for hydroxylation is 1. The average Bonchev–Trinajstić information content (AvgIpc) is 2.32. The zero-order valence-corrected chi connectivity index (χ0v) is 10.8. The Balaban J connectivity index is 2.36. The minimum Gasteiger partial charge on any atom is -0.207 e. The summed E-state index contributed by atoms with van der Waals surface area (Å²) in [6.45, 7) is 1.71. The zero-order valence-electron chi connectivity index (χ0n) is 9.25. The summed E-state index contributed by atoms with van der Waals surface area (Å²) >= 11 is 3.50. The van der Waals surface area contributed by atoms with E-state index in [2.05, 4.69) is 15.9 Å². The molecule has 17 heavy (non-hydrogen) atoms.